The van der Waals surface area contributed by atoms with Crippen molar-refractivity contribution in [3.63, 3.8) is 0 Å². The molecule has 0 saturated carbocycles. The van der Waals surface area contributed by atoms with E-state index in [1.54, 1.807) is 26.2 Å². The molecule has 25 heavy (non-hydrogen) atoms. The number of carbonyl (C=O) groups is 1. The van der Waals surface area contributed by atoms with Gasteiger partial charge in [0.25, 0.3) is 5.91 Å². The van der Waals surface area contributed by atoms with E-state index in [-0.39, 0.29) is 12.1 Å². The van der Waals surface area contributed by atoms with Crippen molar-refractivity contribution >= 4 is 11.6 Å². The van der Waals surface area contributed by atoms with E-state index in [4.69, 9.17) is 14.2 Å². The molecular formula is C19H22N2O4. The maximum Gasteiger partial charge on any atom is 0.257 e. The number of fused-ring (bicyclic) bond motifs is 1. The van der Waals surface area contributed by atoms with Crippen LogP contribution in [0, 0.1) is 0 Å². The topological polar surface area (TPSA) is 60.0 Å². The third-order valence-electron chi connectivity index (χ3n) is 4.25. The molecule has 0 bridgehead atoms. The highest BCUT2D eigenvalue weighted by atomic mass is 16.5. The standard InChI is InChI=1S/C19H22N2O4/c1-23-9-8-21-18(13-10-14(24-2)12-15(11-13)25-3)20-17-7-5-4-6-16(17)19(21)22/h4-7,10-12,18,20H,8-9H2,1-3H3/t18-/m0/s1. The summed E-state index contributed by atoms with van der Waals surface area (Å²) >= 11 is 0. The number of anilines is 1. The summed E-state index contributed by atoms with van der Waals surface area (Å²) in [5, 5.41) is 3.44. The lowest BCUT2D eigenvalue weighted by molar-refractivity contribution is 0.0609. The minimum atomic E-state index is -0.332. The zero-order valence-corrected chi connectivity index (χ0v) is 14.6. The molecular weight excluding hydrogens is 320 g/mol. The van der Waals surface area contributed by atoms with Crippen LogP contribution in [0.2, 0.25) is 0 Å². The molecule has 0 radical (unpaired) electrons. The summed E-state index contributed by atoms with van der Waals surface area (Å²) in [6.45, 7) is 0.925. The van der Waals surface area contributed by atoms with Gasteiger partial charge in [0.1, 0.15) is 17.7 Å². The van der Waals surface area contributed by atoms with Crippen molar-refractivity contribution in [1.82, 2.24) is 4.90 Å². The van der Waals surface area contributed by atoms with Gasteiger partial charge in [0.15, 0.2) is 0 Å². The molecule has 1 aliphatic rings. The highest BCUT2D eigenvalue weighted by molar-refractivity contribution is 6.01. The van der Waals surface area contributed by atoms with E-state index in [1.165, 1.54) is 0 Å². The van der Waals surface area contributed by atoms with Gasteiger partial charge in [-0.05, 0) is 24.3 Å². The Morgan fingerprint density at radius 3 is 2.36 bits per heavy atom. The SMILES string of the molecule is COCCN1C(=O)c2ccccc2N[C@@H]1c1cc(OC)cc(OC)c1. The Labute approximate surface area is 147 Å². The zero-order chi connectivity index (χ0) is 17.8. The predicted molar refractivity (Wildman–Crippen MR) is 95.3 cm³/mol. The monoisotopic (exact) mass is 342 g/mol. The molecule has 0 unspecified atom stereocenters. The molecule has 0 aromatic heterocycles. The van der Waals surface area contributed by atoms with Crippen molar-refractivity contribution in [2.75, 3.05) is 39.8 Å². The Morgan fingerprint density at radius 1 is 1.04 bits per heavy atom. The molecule has 3 rings (SSSR count). The second kappa shape index (κ2) is 7.44. The van der Waals surface area contributed by atoms with Crippen LogP contribution in [0.25, 0.3) is 0 Å². The summed E-state index contributed by atoms with van der Waals surface area (Å²) in [5.74, 6) is 1.32. The quantitative estimate of drug-likeness (QED) is 0.875. The van der Waals surface area contributed by atoms with E-state index in [2.05, 4.69) is 5.32 Å². The summed E-state index contributed by atoms with van der Waals surface area (Å²) in [4.78, 5) is 14.7. The molecule has 6 nitrogen and oxygen atoms in total. The lowest BCUT2D eigenvalue weighted by atomic mass is 10.0. The van der Waals surface area contributed by atoms with Crippen LogP contribution in [0.5, 0.6) is 11.5 Å². The van der Waals surface area contributed by atoms with Crippen molar-refractivity contribution in [1.29, 1.82) is 0 Å². The fraction of sp³-hybridized carbons (Fsp3) is 0.316. The van der Waals surface area contributed by atoms with Gasteiger partial charge in [0.2, 0.25) is 0 Å². The number of benzene rings is 2. The third-order valence-corrected chi connectivity index (χ3v) is 4.25. The average molecular weight is 342 g/mol. The summed E-state index contributed by atoms with van der Waals surface area (Å²) in [6.07, 6.45) is -0.332. The molecule has 1 amide bonds. The predicted octanol–water partition coefficient (Wildman–Crippen LogP) is 2.92. The molecule has 2 aromatic rings. The van der Waals surface area contributed by atoms with E-state index >= 15 is 0 Å². The maximum atomic E-state index is 13.0. The Hall–Kier alpha value is -2.73. The van der Waals surface area contributed by atoms with Crippen LogP contribution < -0.4 is 14.8 Å². The number of methoxy groups -OCH3 is 3. The number of nitrogens with one attached hydrogen (secondary N) is 1. The molecule has 0 saturated heterocycles. The highest BCUT2D eigenvalue weighted by Gasteiger charge is 2.33. The summed E-state index contributed by atoms with van der Waals surface area (Å²) < 4.78 is 15.9. The smallest absolute Gasteiger partial charge is 0.257 e. The highest BCUT2D eigenvalue weighted by Crippen LogP contribution is 2.35. The second-order valence-corrected chi connectivity index (χ2v) is 5.73. The van der Waals surface area contributed by atoms with Crippen LogP contribution in [0.15, 0.2) is 42.5 Å². The molecule has 0 fully saturated rings. The fourth-order valence-electron chi connectivity index (χ4n) is 2.96. The van der Waals surface area contributed by atoms with Crippen molar-refractivity contribution in [3.8, 4) is 11.5 Å². The van der Waals surface area contributed by atoms with E-state index in [0.717, 1.165) is 11.3 Å². The Balaban J connectivity index is 2.04. The number of rotatable bonds is 6. The van der Waals surface area contributed by atoms with Gasteiger partial charge in [-0.1, -0.05) is 12.1 Å². The van der Waals surface area contributed by atoms with Gasteiger partial charge in [-0.25, -0.2) is 0 Å². The third kappa shape index (κ3) is 3.39. The molecule has 0 spiro atoms. The number of ether oxygens (including phenoxy) is 3. The first-order valence-electron chi connectivity index (χ1n) is 8.06. The summed E-state index contributed by atoms with van der Waals surface area (Å²) in [7, 11) is 4.84. The molecule has 1 heterocycles. The number of nitrogens with zero attached hydrogens (tertiary/aromatic N) is 1. The Morgan fingerprint density at radius 2 is 1.72 bits per heavy atom. The Bertz CT molecular complexity index is 741. The van der Waals surface area contributed by atoms with E-state index in [9.17, 15) is 4.79 Å². The number of para-hydroxylation sites is 1. The molecule has 1 N–H and O–H groups in total. The van der Waals surface area contributed by atoms with E-state index in [0.29, 0.717) is 30.2 Å². The average Bonchev–Trinajstić information content (AvgIpc) is 2.66. The minimum Gasteiger partial charge on any atom is -0.497 e. The fourth-order valence-corrected chi connectivity index (χ4v) is 2.96. The number of amides is 1. The van der Waals surface area contributed by atoms with Gasteiger partial charge in [-0.3, -0.25) is 4.79 Å². The zero-order valence-electron chi connectivity index (χ0n) is 14.6. The van der Waals surface area contributed by atoms with Gasteiger partial charge in [0.05, 0.1) is 26.4 Å². The van der Waals surface area contributed by atoms with Crippen LogP contribution in [-0.4, -0.2) is 45.3 Å². The van der Waals surface area contributed by atoms with Crippen LogP contribution in [-0.2, 0) is 4.74 Å². The van der Waals surface area contributed by atoms with Crippen molar-refractivity contribution in [2.24, 2.45) is 0 Å². The summed E-state index contributed by atoms with van der Waals surface area (Å²) in [5.41, 5.74) is 2.35. The van der Waals surface area contributed by atoms with Crippen molar-refractivity contribution < 1.29 is 19.0 Å². The molecule has 0 aliphatic carbocycles. The molecule has 1 aliphatic heterocycles. The molecule has 2 aromatic carbocycles. The lowest BCUT2D eigenvalue weighted by Gasteiger charge is -2.38. The lowest BCUT2D eigenvalue weighted by Crippen LogP contribution is -2.44. The van der Waals surface area contributed by atoms with Crippen molar-refractivity contribution in [2.45, 2.75) is 6.17 Å². The minimum absolute atomic E-state index is 0.0295. The van der Waals surface area contributed by atoms with Gasteiger partial charge in [0, 0.05) is 31.0 Å². The van der Waals surface area contributed by atoms with Crippen LogP contribution >= 0.6 is 0 Å². The van der Waals surface area contributed by atoms with E-state index < -0.39 is 0 Å². The number of hydrogen-bond acceptors (Lipinski definition) is 5. The summed E-state index contributed by atoms with van der Waals surface area (Å²) in [6, 6.07) is 13.1. The first-order chi connectivity index (χ1) is 12.2. The molecule has 132 valence electrons. The number of hydrogen-bond donors (Lipinski definition) is 1. The first-order valence-corrected chi connectivity index (χ1v) is 8.06. The van der Waals surface area contributed by atoms with Gasteiger partial charge in [-0.15, -0.1) is 0 Å². The maximum absolute atomic E-state index is 13.0. The van der Waals surface area contributed by atoms with Crippen LogP contribution in [0.4, 0.5) is 5.69 Å². The molecule has 6 heteroatoms. The van der Waals surface area contributed by atoms with Gasteiger partial charge >= 0.3 is 0 Å². The first kappa shape index (κ1) is 17.1. The van der Waals surface area contributed by atoms with Crippen molar-refractivity contribution in [3.05, 3.63) is 53.6 Å². The normalized spacial score (nSPS) is 16.2. The molecule has 1 atom stereocenters. The second-order valence-electron chi connectivity index (χ2n) is 5.73. The number of carbonyl (C=O) groups excluding carboxylic acids is 1. The van der Waals surface area contributed by atoms with Gasteiger partial charge in [-0.2, -0.15) is 0 Å². The van der Waals surface area contributed by atoms with Gasteiger partial charge < -0.3 is 24.4 Å². The Kier molecular flexibility index (Phi) is 5.09. The largest absolute Gasteiger partial charge is 0.497 e. The van der Waals surface area contributed by atoms with Crippen LogP contribution in [0.3, 0.4) is 0 Å². The van der Waals surface area contributed by atoms with Crippen LogP contribution in [0.1, 0.15) is 22.1 Å². The van der Waals surface area contributed by atoms with E-state index in [1.807, 2.05) is 42.5 Å².